The van der Waals surface area contributed by atoms with E-state index in [0.29, 0.717) is 25.2 Å². The third-order valence-electron chi connectivity index (χ3n) is 5.69. The molecule has 2 aromatic carbocycles. The summed E-state index contributed by atoms with van der Waals surface area (Å²) in [5.74, 6) is -0.804. The smallest absolute Gasteiger partial charge is 0.404 e. The molecule has 1 heterocycles. The molecule has 1 aromatic heterocycles. The highest BCUT2D eigenvalue weighted by Crippen LogP contribution is 2.30. The number of aromatic nitrogens is 2. The maximum absolute atomic E-state index is 12.7. The molecule has 0 radical (unpaired) electrons. The summed E-state index contributed by atoms with van der Waals surface area (Å²) in [6.45, 7) is 3.17. The van der Waals surface area contributed by atoms with E-state index in [1.54, 1.807) is 12.1 Å². The average Bonchev–Trinajstić information content (AvgIpc) is 2.90. The van der Waals surface area contributed by atoms with Crippen LogP contribution in [0.25, 0.3) is 11.1 Å². The quantitative estimate of drug-likeness (QED) is 0.169. The molecule has 0 unspecified atom stereocenters. The Morgan fingerprint density at radius 3 is 2.39 bits per heavy atom. The number of H-pyrrole nitrogens is 1. The van der Waals surface area contributed by atoms with Crippen LogP contribution in [0.4, 0.5) is 34.4 Å². The number of carbonyl (C=O) groups excluding carboxylic acids is 2. The first-order chi connectivity index (χ1) is 19.5. The van der Waals surface area contributed by atoms with Gasteiger partial charge in [0.25, 0.3) is 5.56 Å². The van der Waals surface area contributed by atoms with Crippen LogP contribution in [-0.2, 0) is 6.54 Å². The van der Waals surface area contributed by atoms with Crippen molar-refractivity contribution >= 4 is 23.7 Å². The van der Waals surface area contributed by atoms with Crippen LogP contribution < -0.4 is 37.7 Å². The van der Waals surface area contributed by atoms with Gasteiger partial charge in [0.15, 0.2) is 5.75 Å². The Bertz CT molecular complexity index is 1370. The van der Waals surface area contributed by atoms with Gasteiger partial charge in [-0.2, -0.15) is 0 Å². The van der Waals surface area contributed by atoms with Crippen LogP contribution >= 0.6 is 0 Å². The van der Waals surface area contributed by atoms with Gasteiger partial charge in [0.05, 0.1) is 11.3 Å². The van der Waals surface area contributed by atoms with Crippen molar-refractivity contribution in [1.82, 2.24) is 20.2 Å². The van der Waals surface area contributed by atoms with E-state index in [1.807, 2.05) is 12.1 Å². The van der Waals surface area contributed by atoms with E-state index in [0.717, 1.165) is 37.6 Å². The fraction of sp³-hybridized carbons (Fsp3) is 0.308. The Hall–Kier alpha value is -4.63. The molecule has 0 saturated carbocycles. The zero-order valence-corrected chi connectivity index (χ0v) is 22.0. The number of nitrogens with zero attached hydrogens (tertiary/aromatic N) is 2. The lowest BCUT2D eigenvalue weighted by Crippen LogP contribution is -2.33. The van der Waals surface area contributed by atoms with Crippen LogP contribution in [0, 0.1) is 0 Å². The zero-order chi connectivity index (χ0) is 29.8. The lowest BCUT2D eigenvalue weighted by Gasteiger charge is -2.22. The lowest BCUT2D eigenvalue weighted by atomic mass is 10.1. The van der Waals surface area contributed by atoms with Crippen molar-refractivity contribution in [3.63, 3.8) is 0 Å². The maximum atomic E-state index is 12.7. The van der Waals surface area contributed by atoms with Gasteiger partial charge in [-0.05, 0) is 49.2 Å². The number of alkyl halides is 3. The van der Waals surface area contributed by atoms with Gasteiger partial charge >= 0.3 is 18.4 Å². The van der Waals surface area contributed by atoms with Gasteiger partial charge in [0.1, 0.15) is 0 Å². The fourth-order valence-corrected chi connectivity index (χ4v) is 3.86. The Morgan fingerprint density at radius 2 is 1.73 bits per heavy atom. The minimum absolute atomic E-state index is 0.205. The standard InChI is InChI=1S/C26H31F3N8O4/c27-26(28,29)41-21-6-2-1-5-20(21)34-25(40)36-24-33-15-19(22(38)35-24)18-9-7-17(8-10-18)16-37(13-3-11-30)14-4-12-32-23(31)39/h1-2,5-10,15H,3-4,11-14,16,30H2,(H3,31,32,39)(H3,33,34,35,36,38,40). The number of amides is 4. The average molecular weight is 577 g/mol. The molecule has 0 aliphatic heterocycles. The molecule has 0 fully saturated rings. The van der Waals surface area contributed by atoms with Gasteiger partial charge in [-0.1, -0.05) is 36.4 Å². The molecule has 0 aliphatic rings. The molecule has 41 heavy (non-hydrogen) atoms. The molecule has 0 saturated heterocycles. The number of hydrogen-bond acceptors (Lipinski definition) is 7. The van der Waals surface area contributed by atoms with Crippen LogP contribution in [-0.4, -0.2) is 59.5 Å². The minimum Gasteiger partial charge on any atom is -0.404 e. The molecule has 0 aliphatic carbocycles. The number of carbonyl (C=O) groups is 2. The second-order valence-electron chi connectivity index (χ2n) is 8.86. The Morgan fingerprint density at radius 1 is 1.02 bits per heavy atom. The predicted molar refractivity (Wildman–Crippen MR) is 147 cm³/mol. The maximum Gasteiger partial charge on any atom is 0.573 e. The molecule has 4 amide bonds. The van der Waals surface area contributed by atoms with Gasteiger partial charge in [-0.15, -0.1) is 13.2 Å². The van der Waals surface area contributed by atoms with E-state index in [1.165, 1.54) is 24.4 Å². The SMILES string of the molecule is NCCCN(CCCNC(N)=O)Cc1ccc(-c2cnc(NC(=O)Nc3ccccc3OC(F)(F)F)[nH]c2=O)cc1. The molecule has 220 valence electrons. The van der Waals surface area contributed by atoms with Gasteiger partial charge in [0, 0.05) is 25.8 Å². The molecule has 0 atom stereocenters. The second kappa shape index (κ2) is 14.7. The van der Waals surface area contributed by atoms with Crippen molar-refractivity contribution in [1.29, 1.82) is 0 Å². The number of urea groups is 2. The van der Waals surface area contributed by atoms with Crippen molar-refractivity contribution in [2.45, 2.75) is 25.7 Å². The lowest BCUT2D eigenvalue weighted by molar-refractivity contribution is -0.274. The summed E-state index contributed by atoms with van der Waals surface area (Å²) < 4.78 is 41.7. The normalized spacial score (nSPS) is 11.2. The van der Waals surface area contributed by atoms with E-state index < -0.39 is 29.7 Å². The number of ether oxygens (including phenoxy) is 1. The molecular weight excluding hydrogens is 545 g/mol. The molecule has 12 nitrogen and oxygen atoms in total. The number of anilines is 2. The summed E-state index contributed by atoms with van der Waals surface area (Å²) in [6.07, 6.45) is -2.12. The first-order valence-electron chi connectivity index (χ1n) is 12.6. The largest absolute Gasteiger partial charge is 0.573 e. The zero-order valence-electron chi connectivity index (χ0n) is 22.0. The van der Waals surface area contributed by atoms with Crippen LogP contribution in [0.5, 0.6) is 5.75 Å². The van der Waals surface area contributed by atoms with E-state index in [9.17, 15) is 27.6 Å². The summed E-state index contributed by atoms with van der Waals surface area (Å²) in [7, 11) is 0. The number of benzene rings is 2. The molecule has 3 aromatic rings. The van der Waals surface area contributed by atoms with Crippen LogP contribution in [0.2, 0.25) is 0 Å². The minimum atomic E-state index is -4.94. The van der Waals surface area contributed by atoms with Gasteiger partial charge in [0.2, 0.25) is 5.95 Å². The monoisotopic (exact) mass is 576 g/mol. The number of rotatable bonds is 13. The number of nitrogens with one attached hydrogen (secondary N) is 4. The summed E-state index contributed by atoms with van der Waals surface area (Å²) >= 11 is 0. The molecule has 0 bridgehead atoms. The highest BCUT2D eigenvalue weighted by atomic mass is 19.4. The number of aromatic amines is 1. The first kappa shape index (κ1) is 30.9. The topological polar surface area (TPSA) is 180 Å². The summed E-state index contributed by atoms with van der Waals surface area (Å²) in [5, 5.41) is 7.07. The summed E-state index contributed by atoms with van der Waals surface area (Å²) in [5.41, 5.74) is 11.8. The van der Waals surface area contributed by atoms with Crippen LogP contribution in [0.3, 0.4) is 0 Å². The molecule has 8 N–H and O–H groups in total. The van der Waals surface area contributed by atoms with Crippen LogP contribution in [0.15, 0.2) is 59.5 Å². The number of halogens is 3. The molecular formula is C26H31F3N8O4. The number of para-hydroxylation sites is 2. The second-order valence-corrected chi connectivity index (χ2v) is 8.86. The van der Waals surface area contributed by atoms with Crippen molar-refractivity contribution in [2.75, 3.05) is 36.8 Å². The fourth-order valence-electron chi connectivity index (χ4n) is 3.86. The third kappa shape index (κ3) is 10.5. The predicted octanol–water partition coefficient (Wildman–Crippen LogP) is 3.19. The highest BCUT2D eigenvalue weighted by Gasteiger charge is 2.32. The van der Waals surface area contributed by atoms with Crippen LogP contribution in [0.1, 0.15) is 18.4 Å². The van der Waals surface area contributed by atoms with E-state index in [-0.39, 0.29) is 17.2 Å². The Kier molecular flexibility index (Phi) is 11.1. The Balaban J connectivity index is 1.62. The highest BCUT2D eigenvalue weighted by molar-refractivity contribution is 5.99. The van der Waals surface area contributed by atoms with Gasteiger partial charge < -0.3 is 26.8 Å². The number of primary amides is 1. The molecule has 15 heteroatoms. The van der Waals surface area contributed by atoms with Crippen molar-refractivity contribution in [2.24, 2.45) is 11.5 Å². The summed E-state index contributed by atoms with van der Waals surface area (Å²) in [4.78, 5) is 44.6. The van der Waals surface area contributed by atoms with Crippen molar-refractivity contribution in [3.05, 3.63) is 70.6 Å². The van der Waals surface area contributed by atoms with E-state index >= 15 is 0 Å². The first-order valence-corrected chi connectivity index (χ1v) is 12.6. The van der Waals surface area contributed by atoms with E-state index in [4.69, 9.17) is 11.5 Å². The third-order valence-corrected chi connectivity index (χ3v) is 5.69. The number of nitrogens with two attached hydrogens (primary N) is 2. The molecule has 3 rings (SSSR count). The molecule has 0 spiro atoms. The number of hydrogen-bond donors (Lipinski definition) is 6. The van der Waals surface area contributed by atoms with Gasteiger partial charge in [-0.25, -0.2) is 14.6 Å². The van der Waals surface area contributed by atoms with E-state index in [2.05, 4.69) is 35.6 Å². The van der Waals surface area contributed by atoms with Crippen molar-refractivity contribution in [3.8, 4) is 16.9 Å². The Labute approximate surface area is 233 Å². The van der Waals surface area contributed by atoms with Crippen molar-refractivity contribution < 1.29 is 27.5 Å². The summed E-state index contributed by atoms with van der Waals surface area (Å²) in [6, 6.07) is 10.8. The van der Waals surface area contributed by atoms with Gasteiger partial charge in [-0.3, -0.25) is 20.0 Å².